The van der Waals surface area contributed by atoms with Crippen LogP contribution in [0, 0.1) is 0 Å². The van der Waals surface area contributed by atoms with Crippen LogP contribution in [0.5, 0.6) is 5.75 Å². The standard InChI is InChI=1S/C16H20ClN3O/c1-19(10-12-4-3-5-14(21-2)16(12)17)11-15-18-8-9-20(15)13-6-7-13/h3-5,8-9,13H,6-7,10-11H2,1-2H3. The number of methoxy groups -OCH3 is 1. The fraction of sp³-hybridized carbons (Fsp3) is 0.438. The highest BCUT2D eigenvalue weighted by Gasteiger charge is 2.25. The van der Waals surface area contributed by atoms with Gasteiger partial charge in [-0.25, -0.2) is 4.98 Å². The Kier molecular flexibility index (Phi) is 4.17. The Morgan fingerprint density at radius 1 is 1.38 bits per heavy atom. The van der Waals surface area contributed by atoms with Crippen molar-refractivity contribution in [2.75, 3.05) is 14.2 Å². The number of halogens is 1. The lowest BCUT2D eigenvalue weighted by atomic mass is 10.2. The fourth-order valence-corrected chi connectivity index (χ4v) is 2.84. The van der Waals surface area contributed by atoms with Crippen LogP contribution in [0.2, 0.25) is 5.02 Å². The Morgan fingerprint density at radius 3 is 2.90 bits per heavy atom. The van der Waals surface area contributed by atoms with Gasteiger partial charge in [-0.05, 0) is 31.5 Å². The summed E-state index contributed by atoms with van der Waals surface area (Å²) in [6.07, 6.45) is 6.52. The van der Waals surface area contributed by atoms with Crippen molar-refractivity contribution in [2.45, 2.75) is 32.0 Å². The average Bonchev–Trinajstić information content (AvgIpc) is 3.22. The van der Waals surface area contributed by atoms with Crippen LogP contribution in [0.1, 0.15) is 30.3 Å². The van der Waals surface area contributed by atoms with Gasteiger partial charge < -0.3 is 9.30 Å². The van der Waals surface area contributed by atoms with Gasteiger partial charge in [0.2, 0.25) is 0 Å². The number of nitrogens with zero attached hydrogens (tertiary/aromatic N) is 3. The summed E-state index contributed by atoms with van der Waals surface area (Å²) in [5.74, 6) is 1.85. The number of rotatable bonds is 6. The molecule has 0 bridgehead atoms. The quantitative estimate of drug-likeness (QED) is 0.818. The molecule has 1 heterocycles. The van der Waals surface area contributed by atoms with Crippen molar-refractivity contribution >= 4 is 11.6 Å². The van der Waals surface area contributed by atoms with Crippen LogP contribution < -0.4 is 4.74 Å². The zero-order chi connectivity index (χ0) is 14.8. The summed E-state index contributed by atoms with van der Waals surface area (Å²) in [7, 11) is 3.73. The molecule has 0 saturated heterocycles. The van der Waals surface area contributed by atoms with Crippen molar-refractivity contribution in [2.24, 2.45) is 0 Å². The molecule has 112 valence electrons. The Balaban J connectivity index is 1.69. The third kappa shape index (κ3) is 3.22. The molecule has 21 heavy (non-hydrogen) atoms. The highest BCUT2D eigenvalue weighted by Crippen LogP contribution is 2.35. The third-order valence-corrected chi connectivity index (χ3v) is 4.23. The maximum Gasteiger partial charge on any atom is 0.137 e. The lowest BCUT2D eigenvalue weighted by molar-refractivity contribution is 0.304. The van der Waals surface area contributed by atoms with Gasteiger partial charge in [0.15, 0.2) is 0 Å². The number of aromatic nitrogens is 2. The molecule has 3 rings (SSSR count). The Labute approximate surface area is 130 Å². The molecule has 1 saturated carbocycles. The van der Waals surface area contributed by atoms with Crippen LogP contribution in [0.25, 0.3) is 0 Å². The van der Waals surface area contributed by atoms with Crippen molar-refractivity contribution in [3.8, 4) is 5.75 Å². The van der Waals surface area contributed by atoms with E-state index in [4.69, 9.17) is 16.3 Å². The molecule has 0 amide bonds. The molecule has 1 fully saturated rings. The minimum absolute atomic E-state index is 0.663. The molecular formula is C16H20ClN3O. The van der Waals surface area contributed by atoms with Gasteiger partial charge in [-0.1, -0.05) is 23.7 Å². The van der Waals surface area contributed by atoms with Gasteiger partial charge in [0.25, 0.3) is 0 Å². The van der Waals surface area contributed by atoms with Crippen LogP contribution in [0.4, 0.5) is 0 Å². The predicted molar refractivity (Wildman–Crippen MR) is 83.7 cm³/mol. The number of hydrogen-bond acceptors (Lipinski definition) is 3. The Bertz CT molecular complexity index is 622. The Hall–Kier alpha value is -1.52. The van der Waals surface area contributed by atoms with Crippen LogP contribution >= 0.6 is 11.6 Å². The van der Waals surface area contributed by atoms with E-state index >= 15 is 0 Å². The van der Waals surface area contributed by atoms with E-state index in [1.165, 1.54) is 12.8 Å². The maximum absolute atomic E-state index is 6.35. The number of benzene rings is 1. The minimum atomic E-state index is 0.663. The smallest absolute Gasteiger partial charge is 0.137 e. The van der Waals surface area contributed by atoms with Crippen molar-refractivity contribution in [3.63, 3.8) is 0 Å². The largest absolute Gasteiger partial charge is 0.495 e. The molecule has 0 unspecified atom stereocenters. The number of imidazole rings is 1. The Morgan fingerprint density at radius 2 is 2.19 bits per heavy atom. The van der Waals surface area contributed by atoms with E-state index in [1.807, 2.05) is 24.4 Å². The van der Waals surface area contributed by atoms with E-state index in [1.54, 1.807) is 7.11 Å². The van der Waals surface area contributed by atoms with Gasteiger partial charge in [0, 0.05) is 25.0 Å². The van der Waals surface area contributed by atoms with Gasteiger partial charge in [-0.3, -0.25) is 4.90 Å². The highest BCUT2D eigenvalue weighted by molar-refractivity contribution is 6.32. The summed E-state index contributed by atoms with van der Waals surface area (Å²) in [6.45, 7) is 1.59. The molecule has 5 heteroatoms. The summed E-state index contributed by atoms with van der Waals surface area (Å²) in [6, 6.07) is 6.55. The van der Waals surface area contributed by atoms with E-state index < -0.39 is 0 Å². The van der Waals surface area contributed by atoms with Crippen molar-refractivity contribution in [1.82, 2.24) is 14.5 Å². The summed E-state index contributed by atoms with van der Waals surface area (Å²) < 4.78 is 7.56. The third-order valence-electron chi connectivity index (χ3n) is 3.80. The normalized spacial score (nSPS) is 14.7. The van der Waals surface area contributed by atoms with E-state index in [2.05, 4.69) is 27.7 Å². The zero-order valence-corrected chi connectivity index (χ0v) is 13.2. The second kappa shape index (κ2) is 6.08. The average molecular weight is 306 g/mol. The monoisotopic (exact) mass is 305 g/mol. The SMILES string of the molecule is COc1cccc(CN(C)Cc2nccn2C2CC2)c1Cl. The highest BCUT2D eigenvalue weighted by atomic mass is 35.5. The topological polar surface area (TPSA) is 30.3 Å². The predicted octanol–water partition coefficient (Wildman–Crippen LogP) is 3.51. The van der Waals surface area contributed by atoms with Crippen LogP contribution in [0.3, 0.4) is 0 Å². The molecule has 0 atom stereocenters. The maximum atomic E-state index is 6.35. The molecule has 0 aliphatic heterocycles. The van der Waals surface area contributed by atoms with Gasteiger partial charge >= 0.3 is 0 Å². The second-order valence-electron chi connectivity index (χ2n) is 5.59. The first-order valence-electron chi connectivity index (χ1n) is 7.20. The summed E-state index contributed by atoms with van der Waals surface area (Å²) in [4.78, 5) is 6.70. The molecule has 4 nitrogen and oxygen atoms in total. The molecule has 1 aliphatic rings. The number of hydrogen-bond donors (Lipinski definition) is 0. The van der Waals surface area contributed by atoms with E-state index in [0.717, 1.165) is 30.2 Å². The van der Waals surface area contributed by atoms with Gasteiger partial charge in [-0.15, -0.1) is 0 Å². The first-order valence-corrected chi connectivity index (χ1v) is 7.58. The van der Waals surface area contributed by atoms with Crippen LogP contribution in [-0.4, -0.2) is 28.6 Å². The summed E-state index contributed by atoms with van der Waals surface area (Å²) in [5.41, 5.74) is 1.07. The lowest BCUT2D eigenvalue weighted by Gasteiger charge is -2.18. The molecular weight excluding hydrogens is 286 g/mol. The van der Waals surface area contributed by atoms with Crippen molar-refractivity contribution in [1.29, 1.82) is 0 Å². The van der Waals surface area contributed by atoms with Crippen molar-refractivity contribution < 1.29 is 4.74 Å². The zero-order valence-electron chi connectivity index (χ0n) is 12.4. The fourth-order valence-electron chi connectivity index (χ4n) is 2.58. The molecule has 0 N–H and O–H groups in total. The van der Waals surface area contributed by atoms with Crippen molar-refractivity contribution in [3.05, 3.63) is 47.0 Å². The molecule has 1 aromatic heterocycles. The van der Waals surface area contributed by atoms with Crippen LogP contribution in [-0.2, 0) is 13.1 Å². The molecule has 0 radical (unpaired) electrons. The van der Waals surface area contributed by atoms with Gasteiger partial charge in [0.05, 0.1) is 18.7 Å². The molecule has 1 aliphatic carbocycles. The summed E-state index contributed by atoms with van der Waals surface area (Å²) in [5, 5.41) is 0.692. The first kappa shape index (κ1) is 14.4. The first-order chi connectivity index (χ1) is 10.2. The van der Waals surface area contributed by atoms with Gasteiger partial charge in [-0.2, -0.15) is 0 Å². The molecule has 2 aromatic rings. The molecule has 1 aromatic carbocycles. The van der Waals surface area contributed by atoms with Gasteiger partial charge in [0.1, 0.15) is 11.6 Å². The lowest BCUT2D eigenvalue weighted by Crippen LogP contribution is -2.20. The minimum Gasteiger partial charge on any atom is -0.495 e. The number of ether oxygens (including phenoxy) is 1. The van der Waals surface area contributed by atoms with E-state index in [9.17, 15) is 0 Å². The second-order valence-corrected chi connectivity index (χ2v) is 5.97. The van der Waals surface area contributed by atoms with Crippen LogP contribution in [0.15, 0.2) is 30.6 Å². The van der Waals surface area contributed by atoms with E-state index in [0.29, 0.717) is 11.1 Å². The summed E-state index contributed by atoms with van der Waals surface area (Å²) >= 11 is 6.35. The van der Waals surface area contributed by atoms with E-state index in [-0.39, 0.29) is 0 Å². The molecule has 0 spiro atoms.